The number of methoxy groups -OCH3 is 2. The van der Waals surface area contributed by atoms with E-state index in [9.17, 15) is 4.79 Å². The number of ether oxygens (including phenoxy) is 5. The molecule has 0 unspecified atom stereocenters. The minimum Gasteiger partial charge on any atom is -0.497 e. The molecule has 2 heterocycles. The van der Waals surface area contributed by atoms with Gasteiger partial charge in [-0.3, -0.25) is 4.79 Å². The molecule has 3 rings (SSSR count). The normalized spacial score (nSPS) is 26.3. The largest absolute Gasteiger partial charge is 0.497 e. The number of rotatable bonds is 7. The Morgan fingerprint density at radius 3 is 2.48 bits per heavy atom. The van der Waals surface area contributed by atoms with E-state index < -0.39 is 5.91 Å². The SMILES string of the molecule is COc1cc(NC(=S)N[C@H]2CO[C@H]3[C@@H]2OC[C@H]3OCC(N)=O)cc(OC)c1. The van der Waals surface area contributed by atoms with E-state index in [1.54, 1.807) is 20.3 Å². The van der Waals surface area contributed by atoms with Crippen molar-refractivity contribution in [2.75, 3.05) is 39.4 Å². The maximum absolute atomic E-state index is 10.9. The Morgan fingerprint density at radius 2 is 1.85 bits per heavy atom. The van der Waals surface area contributed by atoms with Crippen LogP contribution in [0.5, 0.6) is 11.5 Å². The van der Waals surface area contributed by atoms with Crippen LogP contribution in [0.3, 0.4) is 0 Å². The van der Waals surface area contributed by atoms with Gasteiger partial charge in [-0.2, -0.15) is 0 Å². The molecule has 4 N–H and O–H groups in total. The van der Waals surface area contributed by atoms with E-state index in [4.69, 9.17) is 41.6 Å². The number of anilines is 1. The number of primary amides is 1. The van der Waals surface area contributed by atoms with Gasteiger partial charge in [0.15, 0.2) is 5.11 Å². The Hall–Kier alpha value is -2.14. The van der Waals surface area contributed by atoms with Gasteiger partial charge < -0.3 is 40.1 Å². The summed E-state index contributed by atoms with van der Waals surface area (Å²) in [5, 5.41) is 6.73. The van der Waals surface area contributed by atoms with Gasteiger partial charge in [-0.25, -0.2) is 0 Å². The third-order valence-corrected chi connectivity index (χ3v) is 4.59. The molecular formula is C17H23N3O6S. The minimum absolute atomic E-state index is 0.135. The second-order valence-corrected chi connectivity index (χ2v) is 6.63. The smallest absolute Gasteiger partial charge is 0.243 e. The Balaban J connectivity index is 1.56. The number of thiocarbonyl (C=S) groups is 1. The Labute approximate surface area is 162 Å². The molecule has 0 aromatic heterocycles. The average molecular weight is 397 g/mol. The van der Waals surface area contributed by atoms with Crippen molar-refractivity contribution in [1.82, 2.24) is 5.32 Å². The van der Waals surface area contributed by atoms with Gasteiger partial charge in [-0.05, 0) is 12.2 Å². The summed E-state index contributed by atoms with van der Waals surface area (Å²) in [4.78, 5) is 10.9. The molecule has 1 amide bonds. The molecule has 2 aliphatic rings. The number of nitrogens with one attached hydrogen (secondary N) is 2. The molecule has 148 valence electrons. The minimum atomic E-state index is -0.523. The molecule has 27 heavy (non-hydrogen) atoms. The van der Waals surface area contributed by atoms with E-state index in [-0.39, 0.29) is 31.0 Å². The quantitative estimate of drug-likeness (QED) is 0.548. The van der Waals surface area contributed by atoms with Gasteiger partial charge in [0.05, 0.1) is 33.5 Å². The van der Waals surface area contributed by atoms with Crippen LogP contribution < -0.4 is 25.8 Å². The molecule has 0 bridgehead atoms. The molecule has 4 atom stereocenters. The fraction of sp³-hybridized carbons (Fsp3) is 0.529. The first-order chi connectivity index (χ1) is 13.0. The van der Waals surface area contributed by atoms with Gasteiger partial charge in [0, 0.05) is 23.9 Å². The maximum Gasteiger partial charge on any atom is 0.243 e. The summed E-state index contributed by atoms with van der Waals surface area (Å²) < 4.78 is 27.5. The van der Waals surface area contributed by atoms with Gasteiger partial charge in [-0.15, -0.1) is 0 Å². The lowest BCUT2D eigenvalue weighted by molar-refractivity contribution is -0.126. The third-order valence-electron chi connectivity index (χ3n) is 4.37. The van der Waals surface area contributed by atoms with Crippen LogP contribution in [0, 0.1) is 0 Å². The van der Waals surface area contributed by atoms with E-state index in [0.29, 0.717) is 29.8 Å². The fourth-order valence-corrected chi connectivity index (χ4v) is 3.40. The summed E-state index contributed by atoms with van der Waals surface area (Å²) in [6.07, 6.45) is -0.803. The standard InChI is InChI=1S/C17H23N3O6S/c1-22-10-3-9(4-11(5-10)23-2)19-17(27)20-12-6-25-16-13(7-26-15(12)16)24-8-14(18)21/h3-5,12-13,15-16H,6-8H2,1-2H3,(H2,18,21)(H2,19,20,27)/t12-,13+,15+,16+/m0/s1. The number of carbonyl (C=O) groups excluding carboxylic acids is 1. The molecular weight excluding hydrogens is 374 g/mol. The van der Waals surface area contributed by atoms with Crippen molar-refractivity contribution in [2.24, 2.45) is 5.73 Å². The first-order valence-corrected chi connectivity index (χ1v) is 8.84. The van der Waals surface area contributed by atoms with Crippen LogP contribution in [0.1, 0.15) is 0 Å². The number of nitrogens with two attached hydrogens (primary N) is 1. The molecule has 1 aromatic carbocycles. The lowest BCUT2D eigenvalue weighted by Gasteiger charge is -2.20. The monoisotopic (exact) mass is 397 g/mol. The number of amides is 1. The van der Waals surface area contributed by atoms with Crippen molar-refractivity contribution >= 4 is 28.9 Å². The summed E-state index contributed by atoms with van der Waals surface area (Å²) in [7, 11) is 3.17. The Morgan fingerprint density at radius 1 is 1.19 bits per heavy atom. The van der Waals surface area contributed by atoms with Gasteiger partial charge in [-0.1, -0.05) is 0 Å². The Kier molecular flexibility index (Phi) is 6.32. The molecule has 10 heteroatoms. The fourth-order valence-electron chi connectivity index (χ4n) is 3.14. The summed E-state index contributed by atoms with van der Waals surface area (Å²) in [6.45, 7) is 0.597. The summed E-state index contributed by atoms with van der Waals surface area (Å²) >= 11 is 5.40. The number of hydrogen-bond donors (Lipinski definition) is 3. The molecule has 2 fully saturated rings. The van der Waals surface area contributed by atoms with Crippen LogP contribution >= 0.6 is 12.2 Å². The zero-order chi connectivity index (χ0) is 19.4. The highest BCUT2D eigenvalue weighted by molar-refractivity contribution is 7.80. The van der Waals surface area contributed by atoms with Crippen LogP contribution in [0.4, 0.5) is 5.69 Å². The van der Waals surface area contributed by atoms with Crippen molar-refractivity contribution in [3.8, 4) is 11.5 Å². The Bertz CT molecular complexity index is 681. The summed E-state index contributed by atoms with van der Waals surface area (Å²) in [5.41, 5.74) is 5.85. The van der Waals surface area contributed by atoms with Crippen molar-refractivity contribution in [2.45, 2.75) is 24.4 Å². The van der Waals surface area contributed by atoms with Crippen LogP contribution in [-0.4, -0.2) is 69.4 Å². The molecule has 0 spiro atoms. The molecule has 9 nitrogen and oxygen atoms in total. The highest BCUT2D eigenvalue weighted by Crippen LogP contribution is 2.29. The van der Waals surface area contributed by atoms with Crippen molar-refractivity contribution in [3.63, 3.8) is 0 Å². The van der Waals surface area contributed by atoms with Gasteiger partial charge >= 0.3 is 0 Å². The number of fused-ring (bicyclic) bond motifs is 1. The topological polar surface area (TPSA) is 113 Å². The summed E-state index contributed by atoms with van der Waals surface area (Å²) in [6, 6.07) is 5.26. The lowest BCUT2D eigenvalue weighted by Crippen LogP contribution is -2.46. The zero-order valence-corrected chi connectivity index (χ0v) is 15.9. The van der Waals surface area contributed by atoms with Crippen molar-refractivity contribution in [1.29, 1.82) is 0 Å². The number of carbonyl (C=O) groups is 1. The van der Waals surface area contributed by atoms with Crippen LogP contribution in [0.25, 0.3) is 0 Å². The van der Waals surface area contributed by atoms with E-state index in [1.807, 2.05) is 12.1 Å². The number of benzene rings is 1. The zero-order valence-electron chi connectivity index (χ0n) is 15.1. The van der Waals surface area contributed by atoms with Crippen molar-refractivity contribution < 1.29 is 28.5 Å². The maximum atomic E-state index is 10.9. The molecule has 1 aromatic rings. The van der Waals surface area contributed by atoms with E-state index in [0.717, 1.165) is 5.69 Å². The highest BCUT2D eigenvalue weighted by Gasteiger charge is 2.48. The first-order valence-electron chi connectivity index (χ1n) is 8.44. The predicted molar refractivity (Wildman–Crippen MR) is 101 cm³/mol. The van der Waals surface area contributed by atoms with Gasteiger partial charge in [0.25, 0.3) is 0 Å². The first kappa shape index (κ1) is 19.6. The van der Waals surface area contributed by atoms with E-state index in [2.05, 4.69) is 10.6 Å². The molecule has 0 aliphatic carbocycles. The van der Waals surface area contributed by atoms with Crippen LogP contribution in [0.15, 0.2) is 18.2 Å². The third kappa shape index (κ3) is 4.78. The lowest BCUT2D eigenvalue weighted by atomic mass is 10.1. The second-order valence-electron chi connectivity index (χ2n) is 6.22. The van der Waals surface area contributed by atoms with Crippen molar-refractivity contribution in [3.05, 3.63) is 18.2 Å². The van der Waals surface area contributed by atoms with Crippen LogP contribution in [0.2, 0.25) is 0 Å². The molecule has 2 aliphatic heterocycles. The second kappa shape index (κ2) is 8.70. The predicted octanol–water partition coefficient (Wildman–Crippen LogP) is 0.0269. The molecule has 0 saturated carbocycles. The summed E-state index contributed by atoms with van der Waals surface area (Å²) in [5.74, 6) is 0.778. The molecule has 0 radical (unpaired) electrons. The average Bonchev–Trinajstić information content (AvgIpc) is 3.22. The van der Waals surface area contributed by atoms with Gasteiger partial charge in [0.2, 0.25) is 5.91 Å². The highest BCUT2D eigenvalue weighted by atomic mass is 32.1. The van der Waals surface area contributed by atoms with E-state index in [1.165, 1.54) is 0 Å². The van der Waals surface area contributed by atoms with E-state index >= 15 is 0 Å². The van der Waals surface area contributed by atoms with Crippen LogP contribution in [-0.2, 0) is 19.0 Å². The molecule has 2 saturated heterocycles. The van der Waals surface area contributed by atoms with Gasteiger partial charge in [0.1, 0.15) is 36.4 Å². The number of hydrogen-bond acceptors (Lipinski definition) is 7.